The number of carbonyl (C=O) groups is 2. The predicted octanol–water partition coefficient (Wildman–Crippen LogP) is 2.50. The molecule has 2 saturated heterocycles. The van der Waals surface area contributed by atoms with Gasteiger partial charge in [0.15, 0.2) is 11.6 Å². The van der Waals surface area contributed by atoms with Crippen molar-refractivity contribution in [2.45, 2.75) is 95.2 Å². The Balaban J connectivity index is 2.08. The van der Waals surface area contributed by atoms with Crippen LogP contribution in [-0.4, -0.2) is 112 Å². The molecule has 2 aliphatic rings. The van der Waals surface area contributed by atoms with Gasteiger partial charge in [-0.15, -0.1) is 0 Å². The maximum absolute atomic E-state index is 14.0. The van der Waals surface area contributed by atoms with Crippen LogP contribution in [0.25, 0.3) is 0 Å². The maximum Gasteiger partial charge on any atom is 0.344 e. The summed E-state index contributed by atoms with van der Waals surface area (Å²) in [4.78, 5) is 28.0. The fourth-order valence-corrected chi connectivity index (χ4v) is 5.59. The lowest BCUT2D eigenvalue weighted by Crippen LogP contribution is -2.76. The second-order valence-corrected chi connectivity index (χ2v) is 11.0. The van der Waals surface area contributed by atoms with E-state index in [1.165, 1.54) is 0 Å². The van der Waals surface area contributed by atoms with Gasteiger partial charge in [-0.3, -0.25) is 0 Å². The number of methoxy groups -OCH3 is 2. The SMILES string of the molecule is CCOC(=O)[C@@](O)([C@@H]1OC(CC)(CC)O[C@H]1COCOCCOC)[C@@]1(C(=O)OC)OC(C)(C)O[C@@H]1COCc1ccccc1. The Labute approximate surface area is 259 Å². The fourth-order valence-electron chi connectivity index (χ4n) is 5.59. The zero-order valence-corrected chi connectivity index (χ0v) is 26.8. The van der Waals surface area contributed by atoms with Crippen LogP contribution in [0.5, 0.6) is 0 Å². The Hall–Kier alpha value is -2.20. The zero-order valence-electron chi connectivity index (χ0n) is 26.8. The molecule has 0 spiro atoms. The minimum absolute atomic E-state index is 0.118. The highest BCUT2D eigenvalue weighted by atomic mass is 16.8. The topological polar surface area (TPSA) is 147 Å². The van der Waals surface area contributed by atoms with Crippen molar-refractivity contribution in [2.75, 3.05) is 54.0 Å². The first-order chi connectivity index (χ1) is 21.0. The van der Waals surface area contributed by atoms with Gasteiger partial charge in [0.1, 0.15) is 25.1 Å². The maximum atomic E-state index is 14.0. The minimum atomic E-state index is -2.86. The molecule has 2 heterocycles. The lowest BCUT2D eigenvalue weighted by molar-refractivity contribution is -0.264. The van der Waals surface area contributed by atoms with Crippen molar-refractivity contribution < 1.29 is 62.1 Å². The smallest absolute Gasteiger partial charge is 0.344 e. The second kappa shape index (κ2) is 15.9. The summed E-state index contributed by atoms with van der Waals surface area (Å²) in [6.45, 7) is 8.52. The van der Waals surface area contributed by atoms with E-state index in [0.29, 0.717) is 26.1 Å². The Kier molecular flexibility index (Phi) is 13.1. The van der Waals surface area contributed by atoms with Crippen LogP contribution in [0.4, 0.5) is 0 Å². The number of hydrogen-bond donors (Lipinski definition) is 1. The highest BCUT2D eigenvalue weighted by Gasteiger charge is 2.78. The summed E-state index contributed by atoms with van der Waals surface area (Å²) in [5, 5.41) is 12.8. The number of carbonyl (C=O) groups excluding carboxylic acids is 2. The van der Waals surface area contributed by atoms with E-state index in [1.54, 1.807) is 27.9 Å². The Bertz CT molecular complexity index is 1050. The summed E-state index contributed by atoms with van der Waals surface area (Å²) in [7, 11) is 2.68. The Morgan fingerprint density at radius 1 is 0.932 bits per heavy atom. The summed E-state index contributed by atoms with van der Waals surface area (Å²) in [6, 6.07) is 9.36. The highest BCUT2D eigenvalue weighted by molar-refractivity contribution is 5.94. The fraction of sp³-hybridized carbons (Fsp3) is 0.742. The molecule has 13 heteroatoms. The molecule has 44 heavy (non-hydrogen) atoms. The monoisotopic (exact) mass is 628 g/mol. The average molecular weight is 629 g/mol. The number of ether oxygens (including phenoxy) is 10. The standard InChI is InChI=1S/C31H48O13/c1-8-29(9-2)41-23(19-39-21-37-17-16-35-6)25(43-29)30(34,26(32)40-10-3)31(27(33)36-7)24(42-28(4,5)44-31)20-38-18-22-14-12-11-13-15-22/h11-15,23-25,34H,8-10,16-21H2,1-7H3/t23-,24+,25+,30-,31+/m0/s1. The first-order valence-electron chi connectivity index (χ1n) is 15.0. The van der Waals surface area contributed by atoms with E-state index in [-0.39, 0.29) is 33.2 Å². The van der Waals surface area contributed by atoms with Gasteiger partial charge in [-0.1, -0.05) is 44.2 Å². The molecule has 1 aromatic rings. The molecule has 0 aliphatic carbocycles. The lowest BCUT2D eigenvalue weighted by atomic mass is 9.73. The molecule has 1 N–H and O–H groups in total. The molecule has 0 unspecified atom stereocenters. The Morgan fingerprint density at radius 2 is 1.64 bits per heavy atom. The van der Waals surface area contributed by atoms with Crippen molar-refractivity contribution in [1.29, 1.82) is 0 Å². The molecule has 13 nitrogen and oxygen atoms in total. The molecule has 2 fully saturated rings. The van der Waals surface area contributed by atoms with Gasteiger partial charge in [-0.05, 0) is 39.2 Å². The normalized spacial score (nSPS) is 27.1. The predicted molar refractivity (Wildman–Crippen MR) is 154 cm³/mol. The molecule has 0 aromatic heterocycles. The molecule has 0 radical (unpaired) electrons. The van der Waals surface area contributed by atoms with Crippen LogP contribution in [-0.2, 0) is 63.6 Å². The van der Waals surface area contributed by atoms with Crippen LogP contribution >= 0.6 is 0 Å². The molecular formula is C31H48O13. The van der Waals surface area contributed by atoms with Crippen LogP contribution in [0, 0.1) is 0 Å². The van der Waals surface area contributed by atoms with Crippen LogP contribution in [0.3, 0.4) is 0 Å². The molecule has 1 aromatic carbocycles. The van der Waals surface area contributed by atoms with Gasteiger partial charge < -0.3 is 52.5 Å². The van der Waals surface area contributed by atoms with E-state index < -0.39 is 53.0 Å². The zero-order chi connectivity index (χ0) is 32.4. The van der Waals surface area contributed by atoms with Crippen LogP contribution in [0.2, 0.25) is 0 Å². The van der Waals surface area contributed by atoms with E-state index in [2.05, 4.69) is 0 Å². The summed E-state index contributed by atoms with van der Waals surface area (Å²) in [5.74, 6) is -4.95. The number of aliphatic hydroxyl groups is 1. The third-order valence-electron chi connectivity index (χ3n) is 7.72. The van der Waals surface area contributed by atoms with Gasteiger partial charge in [0.05, 0.1) is 46.8 Å². The number of hydrogen-bond acceptors (Lipinski definition) is 13. The van der Waals surface area contributed by atoms with Gasteiger partial charge in [0, 0.05) is 7.11 Å². The summed E-state index contributed by atoms with van der Waals surface area (Å²) >= 11 is 0. The van der Waals surface area contributed by atoms with Gasteiger partial charge in [0.2, 0.25) is 11.2 Å². The van der Waals surface area contributed by atoms with Crippen molar-refractivity contribution in [1.82, 2.24) is 0 Å². The van der Waals surface area contributed by atoms with Gasteiger partial charge in [0.25, 0.3) is 0 Å². The third kappa shape index (κ3) is 7.60. The number of benzene rings is 1. The van der Waals surface area contributed by atoms with Crippen LogP contribution < -0.4 is 0 Å². The molecule has 3 rings (SSSR count). The molecule has 0 amide bonds. The largest absolute Gasteiger partial charge is 0.467 e. The number of esters is 2. The van der Waals surface area contributed by atoms with Gasteiger partial charge in [-0.25, -0.2) is 9.59 Å². The van der Waals surface area contributed by atoms with Crippen molar-refractivity contribution >= 4 is 11.9 Å². The van der Waals surface area contributed by atoms with Crippen LogP contribution in [0.1, 0.15) is 53.0 Å². The van der Waals surface area contributed by atoms with Gasteiger partial charge >= 0.3 is 11.9 Å². The lowest BCUT2D eigenvalue weighted by Gasteiger charge is -2.45. The quantitative estimate of drug-likeness (QED) is 0.144. The molecule has 0 saturated carbocycles. The second-order valence-electron chi connectivity index (χ2n) is 11.0. The highest BCUT2D eigenvalue weighted by Crippen LogP contribution is 2.51. The first kappa shape index (κ1) is 36.3. The van der Waals surface area contributed by atoms with Crippen LogP contribution in [0.15, 0.2) is 30.3 Å². The summed E-state index contributed by atoms with van der Waals surface area (Å²) < 4.78 is 57.9. The van der Waals surface area contributed by atoms with Crippen molar-refractivity contribution in [3.8, 4) is 0 Å². The van der Waals surface area contributed by atoms with E-state index in [4.69, 9.17) is 47.4 Å². The van der Waals surface area contributed by atoms with Crippen molar-refractivity contribution in [3.63, 3.8) is 0 Å². The molecule has 5 atom stereocenters. The summed E-state index contributed by atoms with van der Waals surface area (Å²) in [6.07, 6.45) is -3.23. The van der Waals surface area contributed by atoms with E-state index in [9.17, 15) is 14.7 Å². The molecule has 2 aliphatic heterocycles. The first-order valence-corrected chi connectivity index (χ1v) is 15.0. The van der Waals surface area contributed by atoms with Crippen molar-refractivity contribution in [3.05, 3.63) is 35.9 Å². The summed E-state index contributed by atoms with van der Waals surface area (Å²) in [5.41, 5.74) is -4.50. The van der Waals surface area contributed by atoms with Gasteiger partial charge in [-0.2, -0.15) is 0 Å². The average Bonchev–Trinajstić information content (AvgIpc) is 3.54. The molecule has 0 bridgehead atoms. The minimum Gasteiger partial charge on any atom is -0.467 e. The number of rotatable bonds is 18. The van der Waals surface area contributed by atoms with E-state index in [1.807, 2.05) is 44.2 Å². The molecular weight excluding hydrogens is 580 g/mol. The Morgan fingerprint density at radius 3 is 2.25 bits per heavy atom. The van der Waals surface area contributed by atoms with E-state index >= 15 is 0 Å². The molecule has 250 valence electrons. The van der Waals surface area contributed by atoms with E-state index in [0.717, 1.165) is 12.7 Å². The third-order valence-corrected chi connectivity index (χ3v) is 7.72. The van der Waals surface area contributed by atoms with Crippen molar-refractivity contribution in [2.24, 2.45) is 0 Å².